The Hall–Kier alpha value is -1.51. The van der Waals surface area contributed by atoms with E-state index in [9.17, 15) is 9.18 Å². The summed E-state index contributed by atoms with van der Waals surface area (Å²) >= 11 is 0. The van der Waals surface area contributed by atoms with Gasteiger partial charge < -0.3 is 14.8 Å². The molecule has 0 aliphatic carbocycles. The molecule has 1 amide bonds. The van der Waals surface area contributed by atoms with E-state index >= 15 is 0 Å². The van der Waals surface area contributed by atoms with Crippen molar-refractivity contribution in [2.75, 3.05) is 40.0 Å². The lowest BCUT2D eigenvalue weighted by Crippen LogP contribution is -2.40. The minimum Gasteiger partial charge on any atom is -0.450 e. The number of rotatable bonds is 8. The van der Waals surface area contributed by atoms with E-state index in [0.717, 1.165) is 24.7 Å². The van der Waals surface area contributed by atoms with E-state index in [1.165, 1.54) is 12.3 Å². The molecule has 1 aromatic rings. The van der Waals surface area contributed by atoms with E-state index in [1.54, 1.807) is 13.2 Å². The quantitative estimate of drug-likeness (QED) is 0.552. The normalized spacial score (nSPS) is 21.0. The van der Waals surface area contributed by atoms with Gasteiger partial charge in [-0.05, 0) is 23.7 Å². The molecular formula is C18H30FN3O3Si. The molecule has 2 atom stereocenters. The Labute approximate surface area is 156 Å². The molecule has 1 aliphatic rings. The van der Waals surface area contributed by atoms with Crippen LogP contribution < -0.4 is 5.32 Å². The molecule has 0 unspecified atom stereocenters. The summed E-state index contributed by atoms with van der Waals surface area (Å²) in [4.78, 5) is 18.0. The zero-order valence-electron chi connectivity index (χ0n) is 16.1. The summed E-state index contributed by atoms with van der Waals surface area (Å²) in [6.07, 6.45) is 1.06. The van der Waals surface area contributed by atoms with Crippen LogP contribution in [0, 0.1) is 5.95 Å². The van der Waals surface area contributed by atoms with Crippen molar-refractivity contribution in [3.05, 3.63) is 29.8 Å². The van der Waals surface area contributed by atoms with Gasteiger partial charge in [0.05, 0.1) is 19.3 Å². The number of methoxy groups -OCH3 is 1. The van der Waals surface area contributed by atoms with Gasteiger partial charge in [-0.25, -0.2) is 9.78 Å². The van der Waals surface area contributed by atoms with Crippen LogP contribution in [-0.2, 0) is 9.47 Å². The van der Waals surface area contributed by atoms with E-state index in [1.807, 2.05) is 0 Å². The number of halogens is 1. The Bertz CT molecular complexity index is 597. The zero-order valence-corrected chi connectivity index (χ0v) is 17.1. The van der Waals surface area contributed by atoms with E-state index in [0.29, 0.717) is 19.8 Å². The number of carbonyl (C=O) groups is 1. The first-order chi connectivity index (χ1) is 12.3. The Morgan fingerprint density at radius 1 is 1.38 bits per heavy atom. The first kappa shape index (κ1) is 20.8. The molecule has 1 N–H and O–H groups in total. The van der Waals surface area contributed by atoms with Crippen LogP contribution in [0.25, 0.3) is 0 Å². The first-order valence-electron chi connectivity index (χ1n) is 9.04. The summed E-state index contributed by atoms with van der Waals surface area (Å²) in [5.41, 5.74) is 0.838. The van der Waals surface area contributed by atoms with E-state index < -0.39 is 20.1 Å². The summed E-state index contributed by atoms with van der Waals surface area (Å²) in [5, 5.41) is 2.97. The molecule has 8 heteroatoms. The molecule has 0 saturated carbocycles. The van der Waals surface area contributed by atoms with Gasteiger partial charge >= 0.3 is 6.09 Å². The number of carbonyl (C=O) groups excluding carboxylic acids is 1. The summed E-state index contributed by atoms with van der Waals surface area (Å²) in [7, 11) is 0.422. The van der Waals surface area contributed by atoms with Gasteiger partial charge in [0.1, 0.15) is 0 Å². The summed E-state index contributed by atoms with van der Waals surface area (Å²) in [6.45, 7) is 9.96. The van der Waals surface area contributed by atoms with Gasteiger partial charge in [0.15, 0.2) is 0 Å². The highest BCUT2D eigenvalue weighted by atomic mass is 28.3. The van der Waals surface area contributed by atoms with Crippen LogP contribution in [0.15, 0.2) is 18.3 Å². The maximum atomic E-state index is 13.5. The third-order valence-corrected chi connectivity index (χ3v) is 6.28. The summed E-state index contributed by atoms with van der Waals surface area (Å²) < 4.78 is 24.0. The van der Waals surface area contributed by atoms with Gasteiger partial charge in [-0.15, -0.1) is 0 Å². The van der Waals surface area contributed by atoms with Crippen LogP contribution >= 0.6 is 0 Å². The molecule has 0 bridgehead atoms. The average molecular weight is 384 g/mol. The minimum absolute atomic E-state index is 0.00565. The second kappa shape index (κ2) is 9.43. The van der Waals surface area contributed by atoms with E-state index in [2.05, 4.69) is 34.8 Å². The molecule has 0 aromatic carbocycles. The number of pyridine rings is 1. The number of hydrogen-bond acceptors (Lipinski definition) is 5. The number of aromatic nitrogens is 1. The van der Waals surface area contributed by atoms with Crippen molar-refractivity contribution in [1.29, 1.82) is 0 Å². The number of nitrogens with one attached hydrogen (secondary N) is 1. The highest BCUT2D eigenvalue weighted by Gasteiger charge is 2.35. The predicted octanol–water partition coefficient (Wildman–Crippen LogP) is 2.70. The smallest absolute Gasteiger partial charge is 0.407 e. The molecule has 1 fully saturated rings. The van der Waals surface area contributed by atoms with Crippen molar-refractivity contribution in [2.45, 2.75) is 37.6 Å². The SMILES string of the molecule is COCCN1C[C@@H](NC(=O)OCC[Si](C)(C)C)[C@H](c2ccnc(F)c2)C1. The molecule has 146 valence electrons. The first-order valence-corrected chi connectivity index (χ1v) is 12.8. The molecule has 0 spiro atoms. The number of amides is 1. The van der Waals surface area contributed by atoms with E-state index in [-0.39, 0.29) is 12.0 Å². The summed E-state index contributed by atoms with van der Waals surface area (Å²) in [5.74, 6) is -0.511. The Morgan fingerprint density at radius 2 is 2.15 bits per heavy atom. The fourth-order valence-corrected chi connectivity index (χ4v) is 3.78. The Morgan fingerprint density at radius 3 is 2.81 bits per heavy atom. The molecule has 1 aromatic heterocycles. The minimum atomic E-state index is -1.24. The van der Waals surface area contributed by atoms with Gasteiger partial charge in [0, 0.05) is 46.9 Å². The fraction of sp³-hybridized carbons (Fsp3) is 0.667. The summed E-state index contributed by atoms with van der Waals surface area (Å²) in [6, 6.07) is 4.05. The second-order valence-corrected chi connectivity index (χ2v) is 13.6. The maximum Gasteiger partial charge on any atom is 0.407 e. The maximum absolute atomic E-state index is 13.5. The number of hydrogen-bond donors (Lipinski definition) is 1. The van der Waals surface area contributed by atoms with Crippen LogP contribution in [0.1, 0.15) is 11.5 Å². The van der Waals surface area contributed by atoms with Crippen molar-refractivity contribution in [1.82, 2.24) is 15.2 Å². The third kappa shape index (κ3) is 6.66. The number of likely N-dealkylation sites (tertiary alicyclic amines) is 1. The van der Waals surface area contributed by atoms with Crippen molar-refractivity contribution in [2.24, 2.45) is 0 Å². The number of nitrogens with zero attached hydrogens (tertiary/aromatic N) is 2. The highest BCUT2D eigenvalue weighted by Crippen LogP contribution is 2.27. The molecule has 2 rings (SSSR count). The Kier molecular flexibility index (Phi) is 7.54. The van der Waals surface area contributed by atoms with Crippen LogP contribution in [-0.4, -0.2) is 70.1 Å². The van der Waals surface area contributed by atoms with Gasteiger partial charge in [0.25, 0.3) is 0 Å². The van der Waals surface area contributed by atoms with Gasteiger partial charge in [0.2, 0.25) is 5.95 Å². The fourth-order valence-electron chi connectivity index (χ4n) is 3.06. The lowest BCUT2D eigenvalue weighted by molar-refractivity contribution is 0.145. The third-order valence-electron chi connectivity index (χ3n) is 4.57. The molecule has 26 heavy (non-hydrogen) atoms. The predicted molar refractivity (Wildman–Crippen MR) is 102 cm³/mol. The average Bonchev–Trinajstić information content (AvgIpc) is 2.94. The monoisotopic (exact) mass is 383 g/mol. The standard InChI is InChI=1S/C18H30FN3O3Si/c1-24-8-7-22-12-15(14-5-6-20-17(19)11-14)16(13-22)21-18(23)25-9-10-26(2,3)4/h5-6,11,15-16H,7-10,12-13H2,1-4H3,(H,21,23)/t15-,16+/m0/s1. The van der Waals surface area contributed by atoms with Crippen LogP contribution in [0.3, 0.4) is 0 Å². The molecule has 1 saturated heterocycles. The second-order valence-electron chi connectivity index (χ2n) is 7.97. The molecule has 6 nitrogen and oxygen atoms in total. The van der Waals surface area contributed by atoms with Crippen molar-refractivity contribution in [3.8, 4) is 0 Å². The molecular weight excluding hydrogens is 353 g/mol. The van der Waals surface area contributed by atoms with Crippen molar-refractivity contribution >= 4 is 14.2 Å². The van der Waals surface area contributed by atoms with Gasteiger partial charge in [-0.2, -0.15) is 4.39 Å². The van der Waals surface area contributed by atoms with Crippen molar-refractivity contribution < 1.29 is 18.7 Å². The number of ether oxygens (including phenoxy) is 2. The number of alkyl carbamates (subject to hydrolysis) is 1. The topological polar surface area (TPSA) is 63.7 Å². The van der Waals surface area contributed by atoms with Crippen LogP contribution in [0.5, 0.6) is 0 Å². The Balaban J connectivity index is 1.98. The highest BCUT2D eigenvalue weighted by molar-refractivity contribution is 6.76. The van der Waals surface area contributed by atoms with Gasteiger partial charge in [-0.3, -0.25) is 4.90 Å². The zero-order chi connectivity index (χ0) is 19.2. The van der Waals surface area contributed by atoms with E-state index in [4.69, 9.17) is 9.47 Å². The lowest BCUT2D eigenvalue weighted by atomic mass is 9.95. The molecule has 2 heterocycles. The van der Waals surface area contributed by atoms with Crippen LogP contribution in [0.4, 0.5) is 9.18 Å². The lowest BCUT2D eigenvalue weighted by Gasteiger charge is -2.21. The molecule has 1 aliphatic heterocycles. The van der Waals surface area contributed by atoms with Crippen LogP contribution in [0.2, 0.25) is 25.7 Å². The molecule has 0 radical (unpaired) electrons. The van der Waals surface area contributed by atoms with Gasteiger partial charge in [-0.1, -0.05) is 19.6 Å². The largest absolute Gasteiger partial charge is 0.450 e. The van der Waals surface area contributed by atoms with Crippen molar-refractivity contribution in [3.63, 3.8) is 0 Å².